The number of benzene rings is 1. The third-order valence-electron chi connectivity index (χ3n) is 2.45. The molecule has 0 aliphatic heterocycles. The van der Waals surface area contributed by atoms with Crippen LogP contribution in [-0.4, -0.2) is 23.6 Å². The number of anilines is 1. The van der Waals surface area contributed by atoms with E-state index in [1.165, 1.54) is 0 Å². The van der Waals surface area contributed by atoms with Gasteiger partial charge >= 0.3 is 5.97 Å². The summed E-state index contributed by atoms with van der Waals surface area (Å²) in [7, 11) is 0. The second-order valence-electron chi connectivity index (χ2n) is 4.18. The molecule has 3 N–H and O–H groups in total. The van der Waals surface area contributed by atoms with Gasteiger partial charge in [0.25, 0.3) is 0 Å². The monoisotopic (exact) mass is 309 g/mol. The molecule has 1 amide bonds. The van der Waals surface area contributed by atoms with Crippen LogP contribution in [0, 0.1) is 0 Å². The first-order valence-electron chi connectivity index (χ1n) is 6.69. The summed E-state index contributed by atoms with van der Waals surface area (Å²) >= 11 is 5.04. The van der Waals surface area contributed by atoms with E-state index in [1.54, 1.807) is 31.2 Å². The molecule has 0 heterocycles. The van der Waals surface area contributed by atoms with Gasteiger partial charge in [-0.1, -0.05) is 6.92 Å². The van der Waals surface area contributed by atoms with Gasteiger partial charge in [0, 0.05) is 12.1 Å². The number of nitrogens with one attached hydrogen (secondary N) is 3. The maximum Gasteiger partial charge on any atom is 0.338 e. The van der Waals surface area contributed by atoms with Crippen LogP contribution >= 0.6 is 12.2 Å². The molecule has 0 aromatic heterocycles. The first kappa shape index (κ1) is 16.9. The van der Waals surface area contributed by atoms with E-state index in [0.29, 0.717) is 24.3 Å². The van der Waals surface area contributed by atoms with E-state index in [4.69, 9.17) is 17.0 Å². The van der Waals surface area contributed by atoms with Crippen molar-refractivity contribution in [3.8, 4) is 0 Å². The summed E-state index contributed by atoms with van der Waals surface area (Å²) in [4.78, 5) is 22.8. The number of hydrogen-bond acceptors (Lipinski definition) is 4. The first-order valence-corrected chi connectivity index (χ1v) is 7.10. The minimum Gasteiger partial charge on any atom is -0.462 e. The molecule has 21 heavy (non-hydrogen) atoms. The van der Waals surface area contributed by atoms with Crippen molar-refractivity contribution in [2.45, 2.75) is 26.7 Å². The Bertz CT molecular complexity index is 503. The molecule has 114 valence electrons. The Morgan fingerprint density at radius 2 is 1.81 bits per heavy atom. The van der Waals surface area contributed by atoms with E-state index in [1.807, 2.05) is 6.92 Å². The summed E-state index contributed by atoms with van der Waals surface area (Å²) in [6.07, 6.45) is 1.20. The number of carbonyl (C=O) groups is 2. The van der Waals surface area contributed by atoms with Crippen LogP contribution in [0.4, 0.5) is 5.69 Å². The summed E-state index contributed by atoms with van der Waals surface area (Å²) in [5.74, 6) is -0.490. The van der Waals surface area contributed by atoms with Crippen LogP contribution < -0.4 is 16.2 Å². The van der Waals surface area contributed by atoms with Crippen LogP contribution in [0.1, 0.15) is 37.0 Å². The molecule has 0 unspecified atom stereocenters. The molecule has 0 atom stereocenters. The predicted octanol–water partition coefficient (Wildman–Crippen LogP) is 1.98. The smallest absolute Gasteiger partial charge is 0.338 e. The van der Waals surface area contributed by atoms with Crippen LogP contribution in [0.3, 0.4) is 0 Å². The average molecular weight is 309 g/mol. The van der Waals surface area contributed by atoms with Crippen LogP contribution in [0.2, 0.25) is 0 Å². The van der Waals surface area contributed by atoms with E-state index in [2.05, 4.69) is 16.2 Å². The largest absolute Gasteiger partial charge is 0.462 e. The van der Waals surface area contributed by atoms with Gasteiger partial charge in [-0.3, -0.25) is 15.6 Å². The summed E-state index contributed by atoms with van der Waals surface area (Å²) < 4.78 is 4.89. The summed E-state index contributed by atoms with van der Waals surface area (Å²) in [5.41, 5.74) is 6.26. The van der Waals surface area contributed by atoms with E-state index in [9.17, 15) is 9.59 Å². The van der Waals surface area contributed by atoms with Gasteiger partial charge < -0.3 is 10.1 Å². The highest BCUT2D eigenvalue weighted by Crippen LogP contribution is 2.10. The van der Waals surface area contributed by atoms with Gasteiger partial charge in [0.15, 0.2) is 5.11 Å². The SMILES string of the molecule is CCCC(=O)NNC(=S)Nc1ccc(C(=O)OCC)cc1. The third kappa shape index (κ3) is 6.22. The third-order valence-corrected chi connectivity index (χ3v) is 2.65. The van der Waals surface area contributed by atoms with E-state index in [0.717, 1.165) is 6.42 Å². The minimum absolute atomic E-state index is 0.126. The highest BCUT2D eigenvalue weighted by Gasteiger charge is 2.06. The molecule has 1 rings (SSSR count). The lowest BCUT2D eigenvalue weighted by Crippen LogP contribution is -2.43. The van der Waals surface area contributed by atoms with Gasteiger partial charge in [-0.15, -0.1) is 0 Å². The number of thiocarbonyl (C=S) groups is 1. The Labute approximate surface area is 129 Å². The molecular formula is C14H19N3O3S. The molecule has 0 spiro atoms. The molecule has 7 heteroatoms. The first-order chi connectivity index (χ1) is 10.1. The molecule has 0 fully saturated rings. The fourth-order valence-corrected chi connectivity index (χ4v) is 1.65. The van der Waals surface area contributed by atoms with Crippen molar-refractivity contribution < 1.29 is 14.3 Å². The lowest BCUT2D eigenvalue weighted by atomic mass is 10.2. The lowest BCUT2D eigenvalue weighted by Gasteiger charge is -2.11. The summed E-state index contributed by atoms with van der Waals surface area (Å²) in [5, 5.41) is 3.16. The topological polar surface area (TPSA) is 79.5 Å². The van der Waals surface area contributed by atoms with Crippen molar-refractivity contribution >= 4 is 34.9 Å². The molecule has 1 aromatic rings. The van der Waals surface area contributed by atoms with Gasteiger partial charge in [-0.2, -0.15) is 0 Å². The van der Waals surface area contributed by atoms with E-state index in [-0.39, 0.29) is 17.0 Å². The highest BCUT2D eigenvalue weighted by atomic mass is 32.1. The number of hydrazine groups is 1. The molecule has 6 nitrogen and oxygen atoms in total. The summed E-state index contributed by atoms with van der Waals surface area (Å²) in [6.45, 7) is 4.01. The molecule has 0 saturated heterocycles. The Morgan fingerprint density at radius 1 is 1.14 bits per heavy atom. The Morgan fingerprint density at radius 3 is 2.38 bits per heavy atom. The standard InChI is InChI=1S/C14H19N3O3S/c1-3-5-12(18)16-17-14(21)15-11-8-6-10(7-9-11)13(19)20-4-2/h6-9H,3-5H2,1-2H3,(H,16,18)(H2,15,17,21). The normalized spacial score (nSPS) is 9.62. The van der Waals surface area contributed by atoms with Crippen LogP contribution in [0.15, 0.2) is 24.3 Å². The van der Waals surface area contributed by atoms with Gasteiger partial charge in [0.1, 0.15) is 0 Å². The highest BCUT2D eigenvalue weighted by molar-refractivity contribution is 7.80. The zero-order chi connectivity index (χ0) is 15.7. The fraction of sp³-hybridized carbons (Fsp3) is 0.357. The van der Waals surface area contributed by atoms with E-state index >= 15 is 0 Å². The minimum atomic E-state index is -0.364. The Kier molecular flexibility index (Phi) is 7.17. The second kappa shape index (κ2) is 8.91. The quantitative estimate of drug-likeness (QED) is 0.438. The number of esters is 1. The molecule has 0 saturated carbocycles. The lowest BCUT2D eigenvalue weighted by molar-refractivity contribution is -0.121. The summed E-state index contributed by atoms with van der Waals surface area (Å²) in [6, 6.07) is 6.68. The molecule has 0 radical (unpaired) electrons. The van der Waals surface area contributed by atoms with Crippen LogP contribution in [0.5, 0.6) is 0 Å². The number of hydrogen-bond donors (Lipinski definition) is 3. The molecule has 0 bridgehead atoms. The van der Waals surface area contributed by atoms with Gasteiger partial charge in [0.2, 0.25) is 5.91 Å². The van der Waals surface area contributed by atoms with Gasteiger partial charge in [-0.25, -0.2) is 4.79 Å². The Hall–Kier alpha value is -2.15. The zero-order valence-corrected chi connectivity index (χ0v) is 12.9. The number of ether oxygens (including phenoxy) is 1. The van der Waals surface area contributed by atoms with Crippen molar-refractivity contribution in [2.75, 3.05) is 11.9 Å². The average Bonchev–Trinajstić information content (AvgIpc) is 2.46. The van der Waals surface area contributed by atoms with Gasteiger partial charge in [0.05, 0.1) is 12.2 Å². The maximum absolute atomic E-state index is 11.5. The predicted molar refractivity (Wildman–Crippen MR) is 84.8 cm³/mol. The maximum atomic E-state index is 11.5. The van der Waals surface area contributed by atoms with Crippen molar-refractivity contribution in [1.82, 2.24) is 10.9 Å². The number of carbonyl (C=O) groups excluding carboxylic acids is 2. The second-order valence-corrected chi connectivity index (χ2v) is 4.58. The molecular weight excluding hydrogens is 290 g/mol. The molecule has 0 aliphatic rings. The van der Waals surface area contributed by atoms with Crippen molar-refractivity contribution in [3.05, 3.63) is 29.8 Å². The van der Waals surface area contributed by atoms with Crippen molar-refractivity contribution in [3.63, 3.8) is 0 Å². The van der Waals surface area contributed by atoms with Crippen molar-refractivity contribution in [1.29, 1.82) is 0 Å². The van der Waals surface area contributed by atoms with E-state index < -0.39 is 0 Å². The van der Waals surface area contributed by atoms with Crippen molar-refractivity contribution in [2.24, 2.45) is 0 Å². The van der Waals surface area contributed by atoms with Gasteiger partial charge in [-0.05, 0) is 49.8 Å². The Balaban J connectivity index is 2.46. The zero-order valence-electron chi connectivity index (χ0n) is 12.1. The van der Waals surface area contributed by atoms with Crippen LogP contribution in [-0.2, 0) is 9.53 Å². The molecule has 0 aliphatic carbocycles. The fourth-order valence-electron chi connectivity index (χ4n) is 1.48. The molecule has 1 aromatic carbocycles. The number of amides is 1. The number of rotatable bonds is 5. The van der Waals surface area contributed by atoms with Crippen LogP contribution in [0.25, 0.3) is 0 Å².